The minimum atomic E-state index is 0.103. The number of nitrogens with zero attached hydrogens (tertiary/aromatic N) is 2. The number of fused-ring (bicyclic) bond motifs is 1. The molecule has 0 spiro atoms. The van der Waals surface area contributed by atoms with E-state index in [1.807, 2.05) is 18.7 Å². The van der Waals surface area contributed by atoms with Gasteiger partial charge in [0.25, 0.3) is 0 Å². The highest BCUT2D eigenvalue weighted by Crippen LogP contribution is 2.35. The summed E-state index contributed by atoms with van der Waals surface area (Å²) in [6.45, 7) is 6.29. The van der Waals surface area contributed by atoms with Crippen LogP contribution in [0.25, 0.3) is 0 Å². The molecule has 25 heavy (non-hydrogen) atoms. The van der Waals surface area contributed by atoms with E-state index in [0.29, 0.717) is 38.4 Å². The van der Waals surface area contributed by atoms with E-state index in [4.69, 9.17) is 4.74 Å². The van der Waals surface area contributed by atoms with Crippen molar-refractivity contribution in [2.45, 2.75) is 89.9 Å². The van der Waals surface area contributed by atoms with E-state index in [0.717, 1.165) is 18.9 Å². The molecule has 0 aromatic heterocycles. The van der Waals surface area contributed by atoms with Crippen molar-refractivity contribution < 1.29 is 14.3 Å². The first-order chi connectivity index (χ1) is 12.0. The van der Waals surface area contributed by atoms with Crippen LogP contribution in [0.2, 0.25) is 0 Å². The second kappa shape index (κ2) is 8.52. The van der Waals surface area contributed by atoms with Gasteiger partial charge in [0.1, 0.15) is 0 Å². The van der Waals surface area contributed by atoms with Gasteiger partial charge in [0, 0.05) is 38.5 Å². The number of hydrogen-bond donors (Lipinski definition) is 0. The van der Waals surface area contributed by atoms with Crippen molar-refractivity contribution in [1.29, 1.82) is 0 Å². The number of carbonyl (C=O) groups excluding carboxylic acids is 2. The Balaban J connectivity index is 1.43. The number of carbonyl (C=O) groups is 2. The molecule has 5 nitrogen and oxygen atoms in total. The minimum absolute atomic E-state index is 0.103. The molecule has 2 aliphatic heterocycles. The van der Waals surface area contributed by atoms with Gasteiger partial charge < -0.3 is 14.5 Å². The topological polar surface area (TPSA) is 49.9 Å². The molecule has 2 heterocycles. The summed E-state index contributed by atoms with van der Waals surface area (Å²) in [6.07, 6.45) is 9.38. The highest BCUT2D eigenvalue weighted by Gasteiger charge is 2.35. The summed E-state index contributed by atoms with van der Waals surface area (Å²) >= 11 is 0. The van der Waals surface area contributed by atoms with Crippen LogP contribution >= 0.6 is 0 Å². The first kappa shape index (κ1) is 18.7. The predicted molar refractivity (Wildman–Crippen MR) is 97.1 cm³/mol. The van der Waals surface area contributed by atoms with E-state index in [1.165, 1.54) is 32.1 Å². The normalized spacial score (nSPS) is 33.0. The average molecular weight is 351 g/mol. The van der Waals surface area contributed by atoms with Gasteiger partial charge in [-0.15, -0.1) is 0 Å². The first-order valence-electron chi connectivity index (χ1n) is 10.3. The maximum Gasteiger partial charge on any atom is 0.222 e. The molecule has 3 aliphatic rings. The summed E-state index contributed by atoms with van der Waals surface area (Å²) in [5.41, 5.74) is 0. The Morgan fingerprint density at radius 3 is 2.32 bits per heavy atom. The molecule has 3 fully saturated rings. The van der Waals surface area contributed by atoms with Gasteiger partial charge in [0.05, 0.1) is 12.2 Å². The number of hydrogen-bond acceptors (Lipinski definition) is 3. The summed E-state index contributed by atoms with van der Waals surface area (Å²) in [7, 11) is 0. The molecule has 142 valence electrons. The van der Waals surface area contributed by atoms with Crippen LogP contribution in [0.5, 0.6) is 0 Å². The minimum Gasteiger partial charge on any atom is -0.372 e. The summed E-state index contributed by atoms with van der Waals surface area (Å²) in [4.78, 5) is 29.2. The zero-order valence-electron chi connectivity index (χ0n) is 15.9. The fourth-order valence-corrected chi connectivity index (χ4v) is 5.01. The molecular formula is C20H34N2O3. The van der Waals surface area contributed by atoms with Crippen LogP contribution in [0.1, 0.15) is 71.6 Å². The van der Waals surface area contributed by atoms with E-state index in [1.54, 1.807) is 0 Å². The smallest absolute Gasteiger partial charge is 0.222 e. The summed E-state index contributed by atoms with van der Waals surface area (Å²) < 4.78 is 5.68. The molecule has 3 rings (SSSR count). The Morgan fingerprint density at radius 2 is 1.56 bits per heavy atom. The lowest BCUT2D eigenvalue weighted by molar-refractivity contribution is -0.143. The van der Waals surface area contributed by atoms with Gasteiger partial charge >= 0.3 is 0 Å². The van der Waals surface area contributed by atoms with Crippen molar-refractivity contribution >= 4 is 11.8 Å². The van der Waals surface area contributed by atoms with E-state index < -0.39 is 0 Å². The summed E-state index contributed by atoms with van der Waals surface area (Å²) in [5, 5.41) is 0. The van der Waals surface area contributed by atoms with Gasteiger partial charge in [0.2, 0.25) is 11.8 Å². The molecule has 0 N–H and O–H groups in total. The zero-order chi connectivity index (χ0) is 17.8. The van der Waals surface area contributed by atoms with Crippen molar-refractivity contribution in [1.82, 2.24) is 9.80 Å². The highest BCUT2D eigenvalue weighted by molar-refractivity contribution is 5.79. The van der Waals surface area contributed by atoms with Gasteiger partial charge in [-0.3, -0.25) is 9.59 Å². The molecule has 0 bridgehead atoms. The molecular weight excluding hydrogens is 316 g/mol. The Hall–Kier alpha value is -1.10. The quantitative estimate of drug-likeness (QED) is 0.783. The second-order valence-corrected chi connectivity index (χ2v) is 8.25. The standard InChI is InChI=1S/C20H34N2O3/c1-15-13-21(14-16(2)25-15)19(23)10-5-11-20(24)22-12-6-8-17-7-3-4-9-18(17)22/h15-18H,3-14H2,1-2H3/t15-,16+,17?,18?. The molecule has 2 amide bonds. The molecule has 4 atom stereocenters. The van der Waals surface area contributed by atoms with Gasteiger partial charge in [-0.25, -0.2) is 0 Å². The maximum absolute atomic E-state index is 12.7. The number of morpholine rings is 1. The van der Waals surface area contributed by atoms with Crippen LogP contribution in [-0.2, 0) is 14.3 Å². The van der Waals surface area contributed by atoms with Gasteiger partial charge in [0.15, 0.2) is 0 Å². The van der Waals surface area contributed by atoms with Crippen LogP contribution in [-0.4, -0.2) is 59.5 Å². The number of amides is 2. The third kappa shape index (κ3) is 4.75. The Morgan fingerprint density at radius 1 is 0.920 bits per heavy atom. The highest BCUT2D eigenvalue weighted by atomic mass is 16.5. The van der Waals surface area contributed by atoms with E-state index in [9.17, 15) is 9.59 Å². The number of rotatable bonds is 4. The van der Waals surface area contributed by atoms with E-state index >= 15 is 0 Å². The molecule has 0 radical (unpaired) electrons. The average Bonchev–Trinajstić information content (AvgIpc) is 2.60. The van der Waals surface area contributed by atoms with Crippen LogP contribution in [0.3, 0.4) is 0 Å². The van der Waals surface area contributed by atoms with Gasteiger partial charge in [-0.1, -0.05) is 12.8 Å². The molecule has 1 saturated carbocycles. The predicted octanol–water partition coefficient (Wildman–Crippen LogP) is 2.97. The number of piperidine rings is 1. The SMILES string of the molecule is C[C@@H]1CN(C(=O)CCCC(=O)N2CCCC3CCCCC32)C[C@H](C)O1. The van der Waals surface area contributed by atoms with E-state index in [2.05, 4.69) is 4.90 Å². The lowest BCUT2D eigenvalue weighted by Gasteiger charge is -2.44. The fraction of sp³-hybridized carbons (Fsp3) is 0.900. The number of ether oxygens (including phenoxy) is 1. The maximum atomic E-state index is 12.7. The lowest BCUT2D eigenvalue weighted by Crippen LogP contribution is -2.49. The Kier molecular flexibility index (Phi) is 6.37. The van der Waals surface area contributed by atoms with Crippen LogP contribution in [0.15, 0.2) is 0 Å². The third-order valence-corrected chi connectivity index (χ3v) is 6.12. The fourth-order valence-electron chi connectivity index (χ4n) is 5.01. The van der Waals surface area contributed by atoms with Crippen molar-refractivity contribution in [2.24, 2.45) is 5.92 Å². The summed E-state index contributed by atoms with van der Waals surface area (Å²) in [5.74, 6) is 1.17. The van der Waals surface area contributed by atoms with Crippen LogP contribution < -0.4 is 0 Å². The second-order valence-electron chi connectivity index (χ2n) is 8.25. The zero-order valence-corrected chi connectivity index (χ0v) is 15.9. The van der Waals surface area contributed by atoms with Crippen molar-refractivity contribution in [3.63, 3.8) is 0 Å². The third-order valence-electron chi connectivity index (χ3n) is 6.12. The van der Waals surface area contributed by atoms with Crippen LogP contribution in [0, 0.1) is 5.92 Å². The van der Waals surface area contributed by atoms with Gasteiger partial charge in [-0.05, 0) is 51.9 Å². The molecule has 2 saturated heterocycles. The molecule has 0 aromatic carbocycles. The van der Waals surface area contributed by atoms with Crippen molar-refractivity contribution in [2.75, 3.05) is 19.6 Å². The molecule has 5 heteroatoms. The Bertz CT molecular complexity index is 470. The van der Waals surface area contributed by atoms with Gasteiger partial charge in [-0.2, -0.15) is 0 Å². The van der Waals surface area contributed by atoms with Crippen molar-refractivity contribution in [3.8, 4) is 0 Å². The number of likely N-dealkylation sites (tertiary alicyclic amines) is 1. The first-order valence-corrected chi connectivity index (χ1v) is 10.3. The molecule has 0 aromatic rings. The molecule has 1 aliphatic carbocycles. The monoisotopic (exact) mass is 350 g/mol. The summed E-state index contributed by atoms with van der Waals surface area (Å²) in [6, 6.07) is 0.478. The van der Waals surface area contributed by atoms with Crippen molar-refractivity contribution in [3.05, 3.63) is 0 Å². The largest absolute Gasteiger partial charge is 0.372 e. The van der Waals surface area contributed by atoms with Crippen LogP contribution in [0.4, 0.5) is 0 Å². The lowest BCUT2D eigenvalue weighted by atomic mass is 9.78. The van der Waals surface area contributed by atoms with E-state index in [-0.39, 0.29) is 24.0 Å². The Labute approximate surface area is 152 Å². The molecule has 2 unspecified atom stereocenters.